The van der Waals surface area contributed by atoms with Crippen molar-refractivity contribution < 1.29 is 32.9 Å². The van der Waals surface area contributed by atoms with Gasteiger partial charge >= 0.3 is 0 Å². The number of phosphoric ester groups is 1. The van der Waals surface area contributed by atoms with Crippen LogP contribution in [0.15, 0.2) is 12.2 Å². The Morgan fingerprint density at radius 2 is 1.20 bits per heavy atom. The first kappa shape index (κ1) is 44.2. The monoisotopic (exact) mass is 661 g/mol. The van der Waals surface area contributed by atoms with Crippen molar-refractivity contribution in [3.05, 3.63) is 12.2 Å². The van der Waals surface area contributed by atoms with E-state index < -0.39 is 20.0 Å². The predicted octanol–water partition coefficient (Wildman–Crippen LogP) is 8.61. The molecule has 2 N–H and O–H groups in total. The topological polar surface area (TPSA) is 108 Å². The number of likely N-dealkylation sites (N-methyl/N-ethyl adjacent to an activating group) is 1. The van der Waals surface area contributed by atoms with Gasteiger partial charge in [-0.05, 0) is 12.8 Å². The molecule has 0 aromatic rings. The van der Waals surface area contributed by atoms with Gasteiger partial charge < -0.3 is 28.8 Å². The molecule has 0 spiro atoms. The number of carbonyl (C=O) groups is 1. The van der Waals surface area contributed by atoms with E-state index in [1.165, 1.54) is 103 Å². The Morgan fingerprint density at radius 3 is 1.64 bits per heavy atom. The summed E-state index contributed by atoms with van der Waals surface area (Å²) in [7, 11) is 1.26. The highest BCUT2D eigenvalue weighted by atomic mass is 31.2. The van der Waals surface area contributed by atoms with E-state index in [1.54, 1.807) is 6.08 Å². The van der Waals surface area contributed by atoms with E-state index in [4.69, 9.17) is 9.05 Å². The van der Waals surface area contributed by atoms with E-state index in [9.17, 15) is 19.4 Å². The number of rotatable bonds is 33. The molecule has 3 atom stereocenters. The molecule has 0 bridgehead atoms. The maximum atomic E-state index is 12.6. The fraction of sp³-hybridized carbons (Fsp3) is 0.917. The fourth-order valence-corrected chi connectivity index (χ4v) is 5.92. The number of phosphoric acid groups is 1. The molecule has 0 aromatic carbocycles. The smallest absolute Gasteiger partial charge is 0.268 e. The Balaban J connectivity index is 4.10. The average Bonchev–Trinajstić information content (AvgIpc) is 2.97. The van der Waals surface area contributed by atoms with Crippen molar-refractivity contribution in [1.29, 1.82) is 0 Å². The van der Waals surface area contributed by atoms with Gasteiger partial charge in [-0.2, -0.15) is 0 Å². The number of aliphatic hydroxyl groups excluding tert-OH is 1. The molecule has 0 aromatic heterocycles. The molecule has 0 saturated heterocycles. The first-order valence-corrected chi connectivity index (χ1v) is 20.0. The molecule has 0 rings (SSSR count). The van der Waals surface area contributed by atoms with Crippen molar-refractivity contribution in [1.82, 2.24) is 5.32 Å². The number of hydrogen-bond donors (Lipinski definition) is 2. The van der Waals surface area contributed by atoms with Crippen LogP contribution in [-0.4, -0.2) is 68.5 Å². The number of hydrogen-bond acceptors (Lipinski definition) is 6. The third kappa shape index (κ3) is 31.6. The first-order chi connectivity index (χ1) is 21.5. The quantitative estimate of drug-likeness (QED) is 0.0316. The summed E-state index contributed by atoms with van der Waals surface area (Å²) in [5, 5.41) is 13.4. The summed E-state index contributed by atoms with van der Waals surface area (Å²) in [6.45, 7) is 4.48. The third-order valence-electron chi connectivity index (χ3n) is 8.25. The van der Waals surface area contributed by atoms with Crippen LogP contribution in [0.3, 0.4) is 0 Å². The van der Waals surface area contributed by atoms with E-state index in [-0.39, 0.29) is 19.1 Å². The summed E-state index contributed by atoms with van der Waals surface area (Å²) in [4.78, 5) is 24.9. The summed E-state index contributed by atoms with van der Waals surface area (Å²) in [5.74, 6) is -0.205. The lowest BCUT2D eigenvalue weighted by molar-refractivity contribution is -0.870. The number of quaternary nitrogens is 1. The van der Waals surface area contributed by atoms with Gasteiger partial charge in [0.2, 0.25) is 5.91 Å². The van der Waals surface area contributed by atoms with Gasteiger partial charge in [0.15, 0.2) is 0 Å². The standard InChI is InChI=1S/C36H73N2O6P/c1-6-8-10-12-13-14-15-16-17-18-19-20-21-22-23-24-25-26-28-30-36(40)37-34(35(39)29-27-11-9-7-2)33-44-45(41,42)43-32-31-38(3,4)5/h27,29,34-35,39H,6-26,28,30-33H2,1-5H3,(H-,37,40,41,42)/b29-27+. The van der Waals surface area contributed by atoms with Gasteiger partial charge in [-0.15, -0.1) is 0 Å². The highest BCUT2D eigenvalue weighted by Gasteiger charge is 2.23. The van der Waals surface area contributed by atoms with Crippen LogP contribution >= 0.6 is 7.82 Å². The molecule has 45 heavy (non-hydrogen) atoms. The number of nitrogens with zero attached hydrogens (tertiary/aromatic N) is 1. The maximum absolute atomic E-state index is 12.6. The highest BCUT2D eigenvalue weighted by Crippen LogP contribution is 2.38. The minimum absolute atomic E-state index is 0.000177. The number of unbranched alkanes of at least 4 members (excludes halogenated alkanes) is 20. The zero-order chi connectivity index (χ0) is 33.7. The molecule has 0 aliphatic carbocycles. The summed E-state index contributed by atoms with van der Waals surface area (Å²) >= 11 is 0. The summed E-state index contributed by atoms with van der Waals surface area (Å²) in [6.07, 6.45) is 30.3. The number of nitrogens with one attached hydrogen (secondary N) is 1. The van der Waals surface area contributed by atoms with Crippen LogP contribution in [0.25, 0.3) is 0 Å². The van der Waals surface area contributed by atoms with Gasteiger partial charge in [0.1, 0.15) is 13.2 Å². The normalized spacial score (nSPS) is 14.9. The second kappa shape index (κ2) is 29.4. The van der Waals surface area contributed by atoms with Crippen molar-refractivity contribution in [3.8, 4) is 0 Å². The van der Waals surface area contributed by atoms with Crippen LogP contribution < -0.4 is 10.2 Å². The van der Waals surface area contributed by atoms with Crippen LogP contribution in [0, 0.1) is 0 Å². The Bertz CT molecular complexity index is 758. The Labute approximate surface area is 278 Å². The van der Waals surface area contributed by atoms with E-state index in [0.29, 0.717) is 17.4 Å². The van der Waals surface area contributed by atoms with E-state index in [2.05, 4.69) is 19.2 Å². The van der Waals surface area contributed by atoms with Crippen LogP contribution in [-0.2, 0) is 18.4 Å². The SMILES string of the molecule is CCCC/C=C/C(O)C(COP(=O)([O-])OCC[N+](C)(C)C)NC(=O)CCCCCCCCCCCCCCCCCCCCC. The van der Waals surface area contributed by atoms with Gasteiger partial charge in [-0.1, -0.05) is 154 Å². The van der Waals surface area contributed by atoms with Crippen molar-refractivity contribution in [2.24, 2.45) is 0 Å². The van der Waals surface area contributed by atoms with Gasteiger partial charge in [-0.3, -0.25) is 9.36 Å². The number of aliphatic hydroxyl groups is 1. The summed E-state index contributed by atoms with van der Waals surface area (Å²) in [5.41, 5.74) is 0. The summed E-state index contributed by atoms with van der Waals surface area (Å²) in [6, 6.07) is -0.875. The van der Waals surface area contributed by atoms with Gasteiger partial charge in [0, 0.05) is 6.42 Å². The fourth-order valence-electron chi connectivity index (χ4n) is 5.20. The summed E-state index contributed by atoms with van der Waals surface area (Å²) < 4.78 is 22.8. The van der Waals surface area contributed by atoms with Gasteiger partial charge in [0.05, 0.1) is 39.9 Å². The third-order valence-corrected chi connectivity index (χ3v) is 9.21. The average molecular weight is 661 g/mol. The molecular weight excluding hydrogens is 587 g/mol. The number of allylic oxidation sites excluding steroid dienone is 1. The molecule has 268 valence electrons. The van der Waals surface area contributed by atoms with Crippen LogP contribution in [0.4, 0.5) is 0 Å². The van der Waals surface area contributed by atoms with Crippen molar-refractivity contribution in [3.63, 3.8) is 0 Å². The largest absolute Gasteiger partial charge is 0.756 e. The first-order valence-electron chi connectivity index (χ1n) is 18.6. The predicted molar refractivity (Wildman–Crippen MR) is 187 cm³/mol. The van der Waals surface area contributed by atoms with E-state index >= 15 is 0 Å². The molecule has 0 radical (unpaired) electrons. The molecule has 0 saturated carbocycles. The van der Waals surface area contributed by atoms with Crippen LogP contribution in [0.2, 0.25) is 0 Å². The minimum atomic E-state index is -4.56. The molecule has 8 nitrogen and oxygen atoms in total. The lowest BCUT2D eigenvalue weighted by atomic mass is 10.0. The second-order valence-electron chi connectivity index (χ2n) is 13.9. The van der Waals surface area contributed by atoms with E-state index in [1.807, 2.05) is 27.2 Å². The zero-order valence-electron chi connectivity index (χ0n) is 30.1. The second-order valence-corrected chi connectivity index (χ2v) is 15.3. The zero-order valence-corrected chi connectivity index (χ0v) is 31.0. The maximum Gasteiger partial charge on any atom is 0.268 e. The van der Waals surface area contributed by atoms with Gasteiger partial charge in [-0.25, -0.2) is 0 Å². The van der Waals surface area contributed by atoms with Crippen LogP contribution in [0.1, 0.15) is 162 Å². The molecule has 0 heterocycles. The number of carbonyl (C=O) groups excluding carboxylic acids is 1. The molecule has 9 heteroatoms. The molecular formula is C36H73N2O6P. The highest BCUT2D eigenvalue weighted by molar-refractivity contribution is 7.45. The Kier molecular flexibility index (Phi) is 28.9. The molecule has 0 aliphatic heterocycles. The molecule has 1 amide bonds. The minimum Gasteiger partial charge on any atom is -0.756 e. The lowest BCUT2D eigenvalue weighted by Gasteiger charge is -2.29. The van der Waals surface area contributed by atoms with Crippen molar-refractivity contribution in [2.75, 3.05) is 40.9 Å². The van der Waals surface area contributed by atoms with E-state index in [0.717, 1.165) is 38.5 Å². The molecule has 0 fully saturated rings. The number of amides is 1. The van der Waals surface area contributed by atoms with Crippen molar-refractivity contribution >= 4 is 13.7 Å². The Hall–Kier alpha value is -0.760. The molecule has 3 unspecified atom stereocenters. The molecule has 0 aliphatic rings. The van der Waals surface area contributed by atoms with Crippen molar-refractivity contribution in [2.45, 2.75) is 174 Å². The lowest BCUT2D eigenvalue weighted by Crippen LogP contribution is -2.45. The Morgan fingerprint density at radius 1 is 0.756 bits per heavy atom. The van der Waals surface area contributed by atoms with Crippen LogP contribution in [0.5, 0.6) is 0 Å². The van der Waals surface area contributed by atoms with Gasteiger partial charge in [0.25, 0.3) is 7.82 Å².